The third kappa shape index (κ3) is 2.61. The molecule has 0 N–H and O–H groups in total. The first-order valence-corrected chi connectivity index (χ1v) is 6.21. The second kappa shape index (κ2) is 3.34. The number of hydrogen-bond donors (Lipinski definition) is 0. The van der Waals surface area contributed by atoms with E-state index in [0.717, 1.165) is 10.8 Å². The van der Waals surface area contributed by atoms with E-state index in [1.807, 2.05) is 0 Å². The fourth-order valence-corrected chi connectivity index (χ4v) is 3.78. The highest BCUT2D eigenvalue weighted by Gasteiger charge is 2.23. The van der Waals surface area contributed by atoms with Crippen molar-refractivity contribution in [1.29, 1.82) is 0 Å². The third-order valence-corrected chi connectivity index (χ3v) is 4.96. The largest absolute Gasteiger partial charge is 0.217 e. The lowest BCUT2D eigenvalue weighted by molar-refractivity contribution is 0.598. The fraction of sp³-hybridized carbons (Fsp3) is 1.00. The highest BCUT2D eigenvalue weighted by Crippen LogP contribution is 2.24. The van der Waals surface area contributed by atoms with Gasteiger partial charge in [0.1, 0.15) is 0 Å². The summed E-state index contributed by atoms with van der Waals surface area (Å²) >= 11 is 0. The fourth-order valence-electron chi connectivity index (χ4n) is 0.769. The van der Waals surface area contributed by atoms with E-state index in [2.05, 4.69) is 10.0 Å². The molecule has 62 valence electrons. The molecule has 1 heterocycles. The van der Waals surface area contributed by atoms with Crippen molar-refractivity contribution in [3.8, 4) is 0 Å². The molecule has 0 radical (unpaired) electrons. The van der Waals surface area contributed by atoms with Crippen LogP contribution in [-0.2, 0) is 8.87 Å². The van der Waals surface area contributed by atoms with Gasteiger partial charge in [-0.05, 0) is 22.7 Å². The molecular weight excluding hydrogens is 186 g/mol. The van der Waals surface area contributed by atoms with Crippen molar-refractivity contribution < 1.29 is 8.42 Å². The normalized spacial score (nSPS) is 28.9. The maximum atomic E-state index is 10.8. The Morgan fingerprint density at radius 1 is 1.64 bits per heavy atom. The molecule has 1 rings (SSSR count). The molecule has 5 nitrogen and oxygen atoms in total. The van der Waals surface area contributed by atoms with Crippen LogP contribution in [0.3, 0.4) is 0 Å². The SMILES string of the molecule is [N-]=[N+]=NC1CCS(=O)(=O)SC1. The van der Waals surface area contributed by atoms with Crippen LogP contribution >= 0.6 is 10.8 Å². The molecule has 0 bridgehead atoms. The van der Waals surface area contributed by atoms with Gasteiger partial charge in [-0.15, -0.1) is 0 Å². The maximum Gasteiger partial charge on any atom is 0.201 e. The van der Waals surface area contributed by atoms with Gasteiger partial charge in [-0.1, -0.05) is 5.11 Å². The van der Waals surface area contributed by atoms with Gasteiger partial charge < -0.3 is 0 Å². The predicted octanol–water partition coefficient (Wildman–Crippen LogP) is 1.13. The molecule has 0 aromatic carbocycles. The zero-order valence-corrected chi connectivity index (χ0v) is 7.31. The molecular formula is C4H7N3O2S2. The van der Waals surface area contributed by atoms with Gasteiger partial charge in [-0.2, -0.15) is 0 Å². The van der Waals surface area contributed by atoms with E-state index in [-0.39, 0.29) is 11.8 Å². The summed E-state index contributed by atoms with van der Waals surface area (Å²) in [6.07, 6.45) is 0.458. The second-order valence-corrected chi connectivity index (χ2v) is 6.52. The molecule has 1 atom stereocenters. The smallest absolute Gasteiger partial charge is 0.201 e. The first-order valence-electron chi connectivity index (χ1n) is 3.05. The average molecular weight is 193 g/mol. The number of azide groups is 1. The zero-order chi connectivity index (χ0) is 8.32. The molecule has 1 saturated heterocycles. The van der Waals surface area contributed by atoms with E-state index in [1.54, 1.807) is 0 Å². The monoisotopic (exact) mass is 193 g/mol. The van der Waals surface area contributed by atoms with Gasteiger partial charge in [0.15, 0.2) is 0 Å². The Kier molecular flexibility index (Phi) is 2.64. The third-order valence-electron chi connectivity index (χ3n) is 1.36. The van der Waals surface area contributed by atoms with Crippen LogP contribution in [0.4, 0.5) is 0 Å². The Morgan fingerprint density at radius 3 is 2.82 bits per heavy atom. The van der Waals surface area contributed by atoms with E-state index < -0.39 is 8.87 Å². The van der Waals surface area contributed by atoms with Crippen molar-refractivity contribution in [1.82, 2.24) is 0 Å². The van der Waals surface area contributed by atoms with Crippen LogP contribution in [0.15, 0.2) is 5.11 Å². The summed E-state index contributed by atoms with van der Waals surface area (Å²) in [5.41, 5.74) is 8.05. The van der Waals surface area contributed by atoms with Crippen molar-refractivity contribution in [2.24, 2.45) is 5.11 Å². The lowest BCUT2D eigenvalue weighted by Crippen LogP contribution is -2.20. The molecule has 0 spiro atoms. The lowest BCUT2D eigenvalue weighted by atomic mass is 10.3. The molecule has 1 aliphatic rings. The predicted molar refractivity (Wildman–Crippen MR) is 43.8 cm³/mol. The number of nitrogens with zero attached hydrogens (tertiary/aromatic N) is 3. The molecule has 0 saturated carbocycles. The summed E-state index contributed by atoms with van der Waals surface area (Å²) in [5, 5.41) is 3.44. The van der Waals surface area contributed by atoms with E-state index in [1.165, 1.54) is 0 Å². The van der Waals surface area contributed by atoms with Gasteiger partial charge in [0.05, 0.1) is 5.75 Å². The van der Waals surface area contributed by atoms with Gasteiger partial charge in [0.25, 0.3) is 0 Å². The summed E-state index contributed by atoms with van der Waals surface area (Å²) in [6.45, 7) is 0. The van der Waals surface area contributed by atoms with Crippen molar-refractivity contribution >= 4 is 19.7 Å². The summed E-state index contributed by atoms with van der Waals surface area (Å²) in [7, 11) is -2.02. The number of hydrogen-bond acceptors (Lipinski definition) is 4. The van der Waals surface area contributed by atoms with Crippen molar-refractivity contribution in [3.05, 3.63) is 10.4 Å². The molecule has 7 heteroatoms. The van der Waals surface area contributed by atoms with E-state index in [0.29, 0.717) is 12.2 Å². The highest BCUT2D eigenvalue weighted by molar-refractivity contribution is 8.72. The van der Waals surface area contributed by atoms with Crippen LogP contribution in [0.1, 0.15) is 6.42 Å². The van der Waals surface area contributed by atoms with Crippen LogP contribution in [0.5, 0.6) is 0 Å². The molecule has 0 aromatic heterocycles. The maximum absolute atomic E-state index is 10.8. The Balaban J connectivity index is 2.55. The molecule has 0 amide bonds. The first kappa shape index (κ1) is 8.70. The minimum atomic E-state index is -2.90. The first-order chi connectivity index (χ1) is 5.14. The molecule has 1 unspecified atom stereocenters. The van der Waals surface area contributed by atoms with E-state index in [4.69, 9.17) is 5.53 Å². The van der Waals surface area contributed by atoms with Crippen molar-refractivity contribution in [2.75, 3.05) is 11.5 Å². The van der Waals surface area contributed by atoms with Gasteiger partial charge in [0.2, 0.25) is 8.87 Å². The Bertz CT molecular complexity index is 266. The summed E-state index contributed by atoms with van der Waals surface area (Å²) in [6, 6.07) is -0.145. The van der Waals surface area contributed by atoms with E-state index in [9.17, 15) is 8.42 Å². The van der Waals surface area contributed by atoms with Crippen LogP contribution in [0.25, 0.3) is 10.4 Å². The topological polar surface area (TPSA) is 82.9 Å². The second-order valence-electron chi connectivity index (χ2n) is 2.19. The highest BCUT2D eigenvalue weighted by atomic mass is 33.1. The Morgan fingerprint density at radius 2 is 2.36 bits per heavy atom. The minimum Gasteiger partial charge on any atom is -0.217 e. The lowest BCUT2D eigenvalue weighted by Gasteiger charge is -2.15. The van der Waals surface area contributed by atoms with E-state index >= 15 is 0 Å². The van der Waals surface area contributed by atoms with Crippen molar-refractivity contribution in [2.45, 2.75) is 12.5 Å². The summed E-state index contributed by atoms with van der Waals surface area (Å²) in [5.74, 6) is 0.522. The minimum absolute atomic E-state index is 0.126. The van der Waals surface area contributed by atoms with Crippen molar-refractivity contribution in [3.63, 3.8) is 0 Å². The van der Waals surface area contributed by atoms with Crippen LogP contribution in [0, 0.1) is 0 Å². The summed E-state index contributed by atoms with van der Waals surface area (Å²) < 4.78 is 21.7. The molecule has 1 fully saturated rings. The zero-order valence-electron chi connectivity index (χ0n) is 5.67. The Hall–Kier alpha value is -0.390. The molecule has 11 heavy (non-hydrogen) atoms. The van der Waals surface area contributed by atoms with Gasteiger partial charge in [0, 0.05) is 16.7 Å². The average Bonchev–Trinajstić information content (AvgIpc) is 1.94. The van der Waals surface area contributed by atoms with Gasteiger partial charge in [-0.3, -0.25) is 0 Å². The Labute approximate surface area is 68.1 Å². The van der Waals surface area contributed by atoms with Crippen LogP contribution in [0.2, 0.25) is 0 Å². The quantitative estimate of drug-likeness (QED) is 0.271. The van der Waals surface area contributed by atoms with Crippen LogP contribution in [-0.4, -0.2) is 26.0 Å². The van der Waals surface area contributed by atoms with Crippen LogP contribution < -0.4 is 0 Å². The number of rotatable bonds is 1. The van der Waals surface area contributed by atoms with Gasteiger partial charge in [-0.25, -0.2) is 8.42 Å². The molecule has 0 aromatic rings. The standard InChI is InChI=1S/C4H7N3O2S2/c5-7-6-4-1-2-11(8,9)10-3-4/h4H,1-3H2. The molecule has 1 aliphatic heterocycles. The summed E-state index contributed by atoms with van der Waals surface area (Å²) in [4.78, 5) is 2.62. The molecule has 0 aliphatic carbocycles. The van der Waals surface area contributed by atoms with Gasteiger partial charge >= 0.3 is 0 Å².